The van der Waals surface area contributed by atoms with Crippen molar-refractivity contribution in [3.05, 3.63) is 101 Å². The molecule has 46 heavy (non-hydrogen) atoms. The van der Waals surface area contributed by atoms with E-state index in [1.54, 1.807) is 62.6 Å². The summed E-state index contributed by atoms with van der Waals surface area (Å²) in [6.07, 6.45) is 3.90. The fourth-order valence-electron chi connectivity index (χ4n) is 5.60. The van der Waals surface area contributed by atoms with Gasteiger partial charge in [0.1, 0.15) is 6.61 Å². The van der Waals surface area contributed by atoms with Gasteiger partial charge in [-0.25, -0.2) is 4.98 Å². The largest absolute Gasteiger partial charge is 0.476 e. The van der Waals surface area contributed by atoms with Gasteiger partial charge >= 0.3 is 6.18 Å². The van der Waals surface area contributed by atoms with E-state index in [4.69, 9.17) is 15.9 Å². The number of nitrogen functional groups attached to an aromatic ring is 1. The van der Waals surface area contributed by atoms with E-state index in [2.05, 4.69) is 10.3 Å². The summed E-state index contributed by atoms with van der Waals surface area (Å²) in [5.74, 6) is -1.09. The van der Waals surface area contributed by atoms with Crippen molar-refractivity contribution in [3.8, 4) is 5.88 Å². The molecule has 1 aromatic heterocycles. The van der Waals surface area contributed by atoms with Gasteiger partial charge in [0, 0.05) is 50.2 Å². The molecule has 1 aliphatic carbocycles. The molecule has 0 saturated heterocycles. The number of nitrogens with two attached hydrogens (primary N) is 1. The van der Waals surface area contributed by atoms with Crippen molar-refractivity contribution in [2.24, 2.45) is 0 Å². The molecule has 0 bridgehead atoms. The molecular weight excluding hydrogens is 598 g/mol. The first-order chi connectivity index (χ1) is 21.9. The lowest BCUT2D eigenvalue weighted by atomic mass is 9.82. The fourth-order valence-corrected chi connectivity index (χ4v) is 5.60. The number of ether oxygens (including phenoxy) is 1. The summed E-state index contributed by atoms with van der Waals surface area (Å²) >= 11 is 0. The predicted octanol–water partition coefficient (Wildman–Crippen LogP) is 7.19. The molecule has 1 aliphatic rings. The van der Waals surface area contributed by atoms with Crippen LogP contribution in [0.15, 0.2) is 79.0 Å². The number of halogens is 4. The summed E-state index contributed by atoms with van der Waals surface area (Å²) in [5.41, 5.74) is 6.46. The van der Waals surface area contributed by atoms with Crippen LogP contribution < -0.4 is 15.8 Å². The van der Waals surface area contributed by atoms with Crippen LogP contribution in [-0.4, -0.2) is 60.7 Å². The first kappa shape index (κ1) is 34.4. The number of aromatic nitrogens is 1. The standard InChI is InChI=1S/C35H39F4N5O2/c1-44(2)31(45)12-9-19-43-34(17-7-4-8-18-34)23-46-30-16-14-26(22-42-30)32(25-13-15-29(40)27(20-25)33(36)41)28(21-35(37,38)39)24-10-5-3-6-11-24/h3,5-6,9-16,20,22,41,43H,4,7-8,17-19,21,23,40H2,1-2H3/b12-9+,32-28-,41-33?. The maximum atomic E-state index is 14.1. The van der Waals surface area contributed by atoms with Crippen LogP contribution in [0.1, 0.15) is 60.8 Å². The van der Waals surface area contributed by atoms with Crippen LogP contribution >= 0.6 is 0 Å². The number of anilines is 1. The summed E-state index contributed by atoms with van der Waals surface area (Å²) in [4.78, 5) is 17.8. The maximum Gasteiger partial charge on any atom is 0.393 e. The van der Waals surface area contributed by atoms with Gasteiger partial charge in [0.2, 0.25) is 17.8 Å². The quantitative estimate of drug-likeness (QED) is 0.0642. The van der Waals surface area contributed by atoms with E-state index >= 15 is 0 Å². The number of pyridine rings is 1. The summed E-state index contributed by atoms with van der Waals surface area (Å²) in [6.45, 7) is 0.811. The monoisotopic (exact) mass is 637 g/mol. The number of carbonyl (C=O) groups is 1. The minimum Gasteiger partial charge on any atom is -0.476 e. The zero-order valence-electron chi connectivity index (χ0n) is 26.0. The van der Waals surface area contributed by atoms with Gasteiger partial charge in [0.05, 0.1) is 17.5 Å². The Kier molecular flexibility index (Phi) is 11.3. The van der Waals surface area contributed by atoms with Gasteiger partial charge in [-0.05, 0) is 53.3 Å². The molecule has 0 atom stereocenters. The number of hydrogen-bond donors (Lipinski definition) is 3. The minimum absolute atomic E-state index is 0.000374. The Morgan fingerprint density at radius 3 is 2.35 bits per heavy atom. The molecule has 2 aromatic carbocycles. The van der Waals surface area contributed by atoms with Gasteiger partial charge in [-0.2, -0.15) is 17.6 Å². The molecule has 4 rings (SSSR count). The van der Waals surface area contributed by atoms with Crippen molar-refractivity contribution in [2.45, 2.75) is 50.2 Å². The van der Waals surface area contributed by atoms with Gasteiger partial charge in [-0.3, -0.25) is 10.2 Å². The Bertz CT molecular complexity index is 1560. The van der Waals surface area contributed by atoms with Crippen LogP contribution in [0, 0.1) is 5.41 Å². The van der Waals surface area contributed by atoms with E-state index in [1.807, 2.05) is 0 Å². The Morgan fingerprint density at radius 1 is 1.04 bits per heavy atom. The SMILES string of the molecule is CN(C)C(=O)/C=C/CNC1(COc2ccc(/C(=C(/CC(F)(F)F)c3ccccc3)c3ccc(N)c(C(=N)F)c3)cn2)CCCCC1. The number of hydrogen-bond acceptors (Lipinski definition) is 6. The summed E-state index contributed by atoms with van der Waals surface area (Å²) in [5, 5.41) is 11.0. The van der Waals surface area contributed by atoms with Gasteiger partial charge < -0.3 is 20.7 Å². The molecule has 0 radical (unpaired) electrons. The van der Waals surface area contributed by atoms with Crippen molar-refractivity contribution in [1.29, 1.82) is 5.41 Å². The molecule has 3 aromatic rings. The molecule has 1 amide bonds. The Hall–Kier alpha value is -4.51. The van der Waals surface area contributed by atoms with Crippen LogP contribution in [0.4, 0.5) is 23.2 Å². The van der Waals surface area contributed by atoms with Gasteiger partial charge in [-0.1, -0.05) is 61.7 Å². The predicted molar refractivity (Wildman–Crippen MR) is 173 cm³/mol. The zero-order chi connectivity index (χ0) is 33.3. The van der Waals surface area contributed by atoms with Crippen LogP contribution in [-0.2, 0) is 4.79 Å². The van der Waals surface area contributed by atoms with E-state index < -0.39 is 18.6 Å². The van der Waals surface area contributed by atoms with E-state index in [1.165, 1.54) is 35.4 Å². The van der Waals surface area contributed by atoms with E-state index in [0.29, 0.717) is 30.2 Å². The number of rotatable bonds is 12. The highest BCUT2D eigenvalue weighted by molar-refractivity contribution is 6.02. The summed E-state index contributed by atoms with van der Waals surface area (Å²) in [7, 11) is 3.38. The van der Waals surface area contributed by atoms with Crippen molar-refractivity contribution >= 4 is 28.7 Å². The van der Waals surface area contributed by atoms with Crippen molar-refractivity contribution < 1.29 is 27.1 Å². The molecule has 1 fully saturated rings. The van der Waals surface area contributed by atoms with Crippen LogP contribution in [0.5, 0.6) is 5.88 Å². The average Bonchev–Trinajstić information content (AvgIpc) is 3.03. The second-order valence-corrected chi connectivity index (χ2v) is 11.7. The average molecular weight is 638 g/mol. The first-order valence-corrected chi connectivity index (χ1v) is 15.1. The van der Waals surface area contributed by atoms with E-state index in [-0.39, 0.29) is 39.4 Å². The van der Waals surface area contributed by atoms with Gasteiger partial charge in [0.15, 0.2) is 0 Å². The number of allylic oxidation sites excluding steroid dienone is 1. The fraction of sp³-hybridized carbons (Fsp3) is 0.343. The second-order valence-electron chi connectivity index (χ2n) is 11.7. The number of benzene rings is 2. The molecule has 1 saturated carbocycles. The number of amides is 1. The molecule has 0 spiro atoms. The molecule has 0 aliphatic heterocycles. The molecule has 4 N–H and O–H groups in total. The third-order valence-corrected chi connectivity index (χ3v) is 8.01. The van der Waals surface area contributed by atoms with Crippen LogP contribution in [0.2, 0.25) is 0 Å². The minimum atomic E-state index is -4.55. The second kappa shape index (κ2) is 15.2. The van der Waals surface area contributed by atoms with E-state index in [0.717, 1.165) is 32.1 Å². The lowest BCUT2D eigenvalue weighted by Crippen LogP contribution is -2.51. The third-order valence-electron chi connectivity index (χ3n) is 8.01. The van der Waals surface area contributed by atoms with Crippen LogP contribution in [0.3, 0.4) is 0 Å². The number of nitrogens with zero attached hydrogens (tertiary/aromatic N) is 2. The van der Waals surface area contributed by atoms with Crippen LogP contribution in [0.25, 0.3) is 11.1 Å². The van der Waals surface area contributed by atoms with Crippen molar-refractivity contribution in [1.82, 2.24) is 15.2 Å². The topological polar surface area (TPSA) is 104 Å². The van der Waals surface area contributed by atoms with Crippen molar-refractivity contribution in [3.63, 3.8) is 0 Å². The molecular formula is C35H39F4N5O2. The first-order valence-electron chi connectivity index (χ1n) is 15.1. The zero-order valence-corrected chi connectivity index (χ0v) is 26.0. The Balaban J connectivity index is 1.67. The van der Waals surface area contributed by atoms with E-state index in [9.17, 15) is 22.4 Å². The Morgan fingerprint density at radius 2 is 1.74 bits per heavy atom. The maximum absolute atomic E-state index is 14.1. The number of alkyl halides is 3. The lowest BCUT2D eigenvalue weighted by Gasteiger charge is -2.37. The summed E-state index contributed by atoms with van der Waals surface area (Å²) in [6, 6.07) is 15.6. The molecule has 7 nitrogen and oxygen atoms in total. The molecule has 11 heteroatoms. The van der Waals surface area contributed by atoms with Gasteiger partial charge in [0.25, 0.3) is 0 Å². The molecule has 1 heterocycles. The van der Waals surface area contributed by atoms with Crippen molar-refractivity contribution in [2.75, 3.05) is 33.0 Å². The molecule has 0 unspecified atom stereocenters. The highest BCUT2D eigenvalue weighted by atomic mass is 19.4. The van der Waals surface area contributed by atoms with Gasteiger partial charge in [-0.15, -0.1) is 0 Å². The Labute approximate surface area is 266 Å². The highest BCUT2D eigenvalue weighted by Gasteiger charge is 2.33. The summed E-state index contributed by atoms with van der Waals surface area (Å²) < 4.78 is 62.2. The highest BCUT2D eigenvalue weighted by Crippen LogP contribution is 2.40. The number of carbonyl (C=O) groups excluding carboxylic acids is 1. The lowest BCUT2D eigenvalue weighted by molar-refractivity contribution is -0.124. The molecule has 244 valence electrons. The third kappa shape index (κ3) is 9.26. The number of likely N-dealkylation sites (N-methyl/N-ethyl adjacent to an activating group) is 1. The number of nitrogens with one attached hydrogen (secondary N) is 2. The normalized spacial score (nSPS) is 15.3. The smallest absolute Gasteiger partial charge is 0.393 e.